The summed E-state index contributed by atoms with van der Waals surface area (Å²) in [5.74, 6) is 2.09. The van der Waals surface area contributed by atoms with Crippen molar-refractivity contribution >= 4 is 39.6 Å². The summed E-state index contributed by atoms with van der Waals surface area (Å²) >= 11 is 0. The lowest BCUT2D eigenvalue weighted by Gasteiger charge is -2.28. The van der Waals surface area contributed by atoms with Crippen LogP contribution in [-0.2, 0) is 9.53 Å². The predicted molar refractivity (Wildman–Crippen MR) is 133 cm³/mol. The van der Waals surface area contributed by atoms with Gasteiger partial charge in [-0.15, -0.1) is 5.10 Å². The van der Waals surface area contributed by atoms with Gasteiger partial charge in [0.05, 0.1) is 30.7 Å². The van der Waals surface area contributed by atoms with Crippen molar-refractivity contribution in [3.8, 4) is 11.8 Å². The second kappa shape index (κ2) is 8.94. The molecule has 5 heterocycles. The summed E-state index contributed by atoms with van der Waals surface area (Å²) in [5.41, 5.74) is 2.25. The lowest BCUT2D eigenvalue weighted by molar-refractivity contribution is -0.119. The van der Waals surface area contributed by atoms with E-state index in [4.69, 9.17) is 4.74 Å². The van der Waals surface area contributed by atoms with Crippen molar-refractivity contribution in [3.05, 3.63) is 48.2 Å². The molecule has 1 saturated carbocycles. The third-order valence-corrected chi connectivity index (χ3v) is 6.40. The molecule has 4 aromatic heterocycles. The average Bonchev–Trinajstić information content (AvgIpc) is 3.37. The fraction of sp³-hybridized carbons (Fsp3) is 0.320. The molecule has 2 aliphatic rings. The van der Waals surface area contributed by atoms with E-state index in [2.05, 4.69) is 47.4 Å². The Morgan fingerprint density at radius 2 is 1.97 bits per heavy atom. The van der Waals surface area contributed by atoms with E-state index < -0.39 is 24.2 Å². The zero-order valence-corrected chi connectivity index (χ0v) is 19.8. The molecule has 188 valence electrons. The van der Waals surface area contributed by atoms with E-state index in [0.717, 1.165) is 18.8 Å². The summed E-state index contributed by atoms with van der Waals surface area (Å²) in [5, 5.41) is 11.3. The molecular formula is C25H22F2N8O2. The van der Waals surface area contributed by atoms with Gasteiger partial charge in [0.2, 0.25) is 11.7 Å². The maximum atomic E-state index is 13.3. The first-order valence-corrected chi connectivity index (χ1v) is 11.8. The summed E-state index contributed by atoms with van der Waals surface area (Å²) in [6.45, 7) is 3.01. The van der Waals surface area contributed by atoms with E-state index in [1.54, 1.807) is 23.8 Å². The molecule has 0 radical (unpaired) electrons. The highest BCUT2D eigenvalue weighted by Crippen LogP contribution is 2.49. The zero-order valence-electron chi connectivity index (χ0n) is 19.8. The molecule has 0 spiro atoms. The number of hydrogen-bond donors (Lipinski definition) is 2. The summed E-state index contributed by atoms with van der Waals surface area (Å²) < 4.78 is 33.7. The van der Waals surface area contributed by atoms with Gasteiger partial charge in [-0.3, -0.25) is 4.79 Å². The van der Waals surface area contributed by atoms with Crippen molar-refractivity contribution in [2.45, 2.75) is 12.3 Å². The van der Waals surface area contributed by atoms with Gasteiger partial charge in [0.25, 0.3) is 5.92 Å². The number of amides is 1. The van der Waals surface area contributed by atoms with E-state index >= 15 is 0 Å². The Labute approximate surface area is 210 Å². The first kappa shape index (κ1) is 23.1. The number of alkyl halides is 2. The van der Waals surface area contributed by atoms with Gasteiger partial charge >= 0.3 is 0 Å². The molecule has 10 nitrogen and oxygen atoms in total. The molecule has 6 rings (SSSR count). The molecule has 2 fully saturated rings. The largest absolute Gasteiger partial charge is 0.378 e. The molecule has 1 aliphatic carbocycles. The van der Waals surface area contributed by atoms with Gasteiger partial charge in [-0.2, -0.15) is 4.98 Å². The third-order valence-electron chi connectivity index (χ3n) is 6.40. The highest BCUT2D eigenvalue weighted by Gasteiger charge is 2.61. The molecule has 0 unspecified atom stereocenters. The van der Waals surface area contributed by atoms with Crippen LogP contribution in [0.2, 0.25) is 0 Å². The van der Waals surface area contributed by atoms with Crippen molar-refractivity contribution in [1.29, 1.82) is 0 Å². The van der Waals surface area contributed by atoms with Gasteiger partial charge in [-0.05, 0) is 24.1 Å². The second-order valence-electron chi connectivity index (χ2n) is 8.87. The highest BCUT2D eigenvalue weighted by atomic mass is 19.3. The third kappa shape index (κ3) is 4.49. The molecule has 1 saturated heterocycles. The number of carbonyl (C=O) groups is 1. The summed E-state index contributed by atoms with van der Waals surface area (Å²) in [6.07, 6.45) is 4.59. The number of carbonyl (C=O) groups excluding carboxylic acids is 1. The molecule has 2 N–H and O–H groups in total. The topological polar surface area (TPSA) is 110 Å². The maximum absolute atomic E-state index is 13.3. The maximum Gasteiger partial charge on any atom is 0.260 e. The Kier molecular flexibility index (Phi) is 5.57. The lowest BCUT2D eigenvalue weighted by atomic mass is 10.1. The van der Waals surface area contributed by atoms with Gasteiger partial charge in [0.1, 0.15) is 17.6 Å². The monoisotopic (exact) mass is 504 g/mol. The Bertz CT molecular complexity index is 1590. The Morgan fingerprint density at radius 1 is 1.16 bits per heavy atom. The first-order chi connectivity index (χ1) is 17.9. The molecule has 0 bridgehead atoms. The molecule has 1 atom stereocenters. The summed E-state index contributed by atoms with van der Waals surface area (Å²) in [4.78, 5) is 27.5. The van der Waals surface area contributed by atoms with E-state index in [1.807, 2.05) is 18.3 Å². The molecule has 12 heteroatoms. The Balaban J connectivity index is 1.31. The van der Waals surface area contributed by atoms with Crippen LogP contribution in [0.3, 0.4) is 0 Å². The number of halogens is 2. The smallest absolute Gasteiger partial charge is 0.260 e. The summed E-state index contributed by atoms with van der Waals surface area (Å²) in [6, 6.07) is 5.50. The van der Waals surface area contributed by atoms with Crippen LogP contribution in [0.5, 0.6) is 0 Å². The molecule has 4 aromatic rings. The number of pyridine rings is 3. The molecule has 1 aliphatic heterocycles. The number of aromatic nitrogens is 5. The number of fused-ring (bicyclic) bond motifs is 2. The number of rotatable bonds is 4. The van der Waals surface area contributed by atoms with Crippen LogP contribution in [0.15, 0.2) is 36.8 Å². The standard InChI is InChI=1S/C25H22F2N8O2/c1-28-23-18-13-29-21(32-24(36)19-11-25(19,26)27)10-17(18)15(12-30-23)2-4-20-31-22-5-3-16(14-35(22)33-20)34-6-8-37-9-7-34/h3,5,10,12-14,19H,6-9,11H2,1H3,(H,28,30)(H,29,32,36)/t19-/m0/s1. The number of anilines is 3. The van der Waals surface area contributed by atoms with Crippen molar-refractivity contribution in [2.75, 3.05) is 48.9 Å². The first-order valence-electron chi connectivity index (χ1n) is 11.8. The van der Waals surface area contributed by atoms with Crippen LogP contribution in [-0.4, -0.2) is 69.7 Å². The molecule has 1 amide bonds. The summed E-state index contributed by atoms with van der Waals surface area (Å²) in [7, 11) is 1.73. The van der Waals surface area contributed by atoms with Gasteiger partial charge in [0.15, 0.2) is 5.65 Å². The SMILES string of the molecule is CNc1ncc(C#Cc2nc3ccc(N4CCOCC4)cn3n2)c2cc(NC(=O)[C@@H]3CC3(F)F)ncc12. The fourth-order valence-corrected chi connectivity index (χ4v) is 4.27. The van der Waals surface area contributed by atoms with Gasteiger partial charge in [-0.1, -0.05) is 5.92 Å². The van der Waals surface area contributed by atoms with Crippen LogP contribution < -0.4 is 15.5 Å². The van der Waals surface area contributed by atoms with Crippen LogP contribution in [0.25, 0.3) is 16.4 Å². The van der Waals surface area contributed by atoms with E-state index in [1.165, 1.54) is 6.20 Å². The molecule has 37 heavy (non-hydrogen) atoms. The van der Waals surface area contributed by atoms with Crippen LogP contribution in [0, 0.1) is 17.8 Å². The van der Waals surface area contributed by atoms with Gasteiger partial charge in [-0.25, -0.2) is 23.3 Å². The number of hydrogen-bond acceptors (Lipinski definition) is 8. The number of nitrogens with one attached hydrogen (secondary N) is 2. The van der Waals surface area contributed by atoms with Crippen molar-refractivity contribution in [3.63, 3.8) is 0 Å². The second-order valence-corrected chi connectivity index (χ2v) is 8.87. The van der Waals surface area contributed by atoms with E-state index in [0.29, 0.717) is 46.8 Å². The van der Waals surface area contributed by atoms with Crippen LogP contribution >= 0.6 is 0 Å². The Morgan fingerprint density at radius 3 is 2.73 bits per heavy atom. The van der Waals surface area contributed by atoms with Crippen LogP contribution in [0.1, 0.15) is 17.8 Å². The predicted octanol–water partition coefficient (Wildman–Crippen LogP) is 2.54. The van der Waals surface area contributed by atoms with E-state index in [-0.39, 0.29) is 5.82 Å². The Hall–Kier alpha value is -4.37. The van der Waals surface area contributed by atoms with Gasteiger partial charge < -0.3 is 20.3 Å². The van der Waals surface area contributed by atoms with Crippen molar-refractivity contribution < 1.29 is 18.3 Å². The lowest BCUT2D eigenvalue weighted by Crippen LogP contribution is -2.36. The zero-order chi connectivity index (χ0) is 25.6. The molecule has 0 aromatic carbocycles. The van der Waals surface area contributed by atoms with Crippen molar-refractivity contribution in [2.24, 2.45) is 5.92 Å². The quantitative estimate of drug-likeness (QED) is 0.408. The number of nitrogens with zero attached hydrogens (tertiary/aromatic N) is 6. The minimum atomic E-state index is -2.95. The fourth-order valence-electron chi connectivity index (χ4n) is 4.27. The average molecular weight is 505 g/mol. The number of morpholine rings is 1. The molecular weight excluding hydrogens is 482 g/mol. The normalized spacial score (nSPS) is 18.4. The van der Waals surface area contributed by atoms with Crippen LogP contribution in [0.4, 0.5) is 26.1 Å². The van der Waals surface area contributed by atoms with E-state index in [9.17, 15) is 13.6 Å². The number of ether oxygens (including phenoxy) is 1. The van der Waals surface area contributed by atoms with Gasteiger partial charge in [0, 0.05) is 49.7 Å². The highest BCUT2D eigenvalue weighted by molar-refractivity contribution is 6.00. The minimum Gasteiger partial charge on any atom is -0.378 e. The minimum absolute atomic E-state index is 0.165. The van der Waals surface area contributed by atoms with Crippen molar-refractivity contribution in [1.82, 2.24) is 24.6 Å².